The summed E-state index contributed by atoms with van der Waals surface area (Å²) in [6, 6.07) is 38.9. The molecule has 2 aromatic heterocycles. The van der Waals surface area contributed by atoms with Gasteiger partial charge in [-0.15, -0.1) is 11.3 Å². The van der Waals surface area contributed by atoms with Gasteiger partial charge >= 0.3 is 0 Å². The molecule has 172 valence electrons. The number of hydrogen-bond donors (Lipinski definition) is 0. The Morgan fingerprint density at radius 3 is 2.11 bits per heavy atom. The summed E-state index contributed by atoms with van der Waals surface area (Å²) in [5.41, 5.74) is 7.42. The number of hydrogen-bond acceptors (Lipinski definition) is 2. The fraction of sp³-hybridized carbons (Fsp3) is 0. The fourth-order valence-corrected chi connectivity index (χ4v) is 6.40. The Kier molecular flexibility index (Phi) is 5.06. The predicted molar refractivity (Wildman–Crippen MR) is 157 cm³/mol. The van der Waals surface area contributed by atoms with Crippen LogP contribution in [0, 0.1) is 6.57 Å². The fourth-order valence-electron chi connectivity index (χ4n) is 5.20. The Morgan fingerprint density at radius 2 is 1.27 bits per heavy atom. The highest BCUT2D eigenvalue weighted by Gasteiger charge is 2.14. The molecule has 7 aromatic rings. The van der Waals surface area contributed by atoms with E-state index in [1.54, 1.807) is 6.20 Å². The number of benzene rings is 5. The lowest BCUT2D eigenvalue weighted by Crippen LogP contribution is -1.83. The minimum atomic E-state index is 0.552. The second-order valence-electron chi connectivity index (χ2n) is 9.15. The maximum Gasteiger partial charge on any atom is 0.205 e. The zero-order valence-corrected chi connectivity index (χ0v) is 20.7. The van der Waals surface area contributed by atoms with E-state index in [9.17, 15) is 0 Å². The monoisotopic (exact) mass is 488 g/mol. The summed E-state index contributed by atoms with van der Waals surface area (Å²) in [7, 11) is 0. The molecule has 0 aliphatic carbocycles. The molecule has 0 aliphatic heterocycles. The van der Waals surface area contributed by atoms with Crippen molar-refractivity contribution >= 4 is 48.0 Å². The van der Waals surface area contributed by atoms with Crippen molar-refractivity contribution in [3.8, 4) is 33.4 Å². The minimum absolute atomic E-state index is 0.552. The molecular weight excluding hydrogens is 468 g/mol. The van der Waals surface area contributed by atoms with Crippen molar-refractivity contribution in [2.45, 2.75) is 0 Å². The average molecular weight is 489 g/mol. The van der Waals surface area contributed by atoms with Crippen molar-refractivity contribution in [1.82, 2.24) is 4.98 Å². The van der Waals surface area contributed by atoms with Gasteiger partial charge in [0.15, 0.2) is 0 Å². The Morgan fingerprint density at radius 1 is 0.541 bits per heavy atom. The lowest BCUT2D eigenvalue weighted by atomic mass is 9.94. The summed E-state index contributed by atoms with van der Waals surface area (Å²) in [6.45, 7) is 7.30. The Bertz CT molecular complexity index is 1990. The van der Waals surface area contributed by atoms with Gasteiger partial charge in [0.25, 0.3) is 0 Å². The van der Waals surface area contributed by atoms with E-state index < -0.39 is 0 Å². The number of rotatable bonds is 3. The number of nitrogens with zero attached hydrogens (tertiary/aromatic N) is 2. The van der Waals surface area contributed by atoms with Gasteiger partial charge in [0.05, 0.1) is 6.57 Å². The van der Waals surface area contributed by atoms with Gasteiger partial charge in [-0.1, -0.05) is 84.9 Å². The molecule has 0 saturated heterocycles. The second kappa shape index (κ2) is 8.71. The van der Waals surface area contributed by atoms with E-state index in [1.807, 2.05) is 23.6 Å². The predicted octanol–water partition coefficient (Wildman–Crippen LogP) is 10.2. The smallest absolute Gasteiger partial charge is 0.205 e. The van der Waals surface area contributed by atoms with E-state index in [0.29, 0.717) is 5.69 Å². The van der Waals surface area contributed by atoms with Gasteiger partial charge in [0.2, 0.25) is 5.69 Å². The third-order valence-electron chi connectivity index (χ3n) is 6.95. The molecule has 0 radical (unpaired) electrons. The first-order valence-corrected chi connectivity index (χ1v) is 13.0. The Balaban J connectivity index is 1.40. The first-order chi connectivity index (χ1) is 18.3. The van der Waals surface area contributed by atoms with Gasteiger partial charge in [-0.25, -0.2) is 4.85 Å². The van der Waals surface area contributed by atoms with Crippen LogP contribution >= 0.6 is 11.3 Å². The van der Waals surface area contributed by atoms with Gasteiger partial charge in [-0.3, -0.25) is 4.98 Å². The lowest BCUT2D eigenvalue weighted by molar-refractivity contribution is 1.34. The zero-order chi connectivity index (χ0) is 24.8. The summed E-state index contributed by atoms with van der Waals surface area (Å²) < 4.78 is 2.59. The molecule has 0 saturated carbocycles. The van der Waals surface area contributed by atoms with E-state index in [-0.39, 0.29) is 0 Å². The first kappa shape index (κ1) is 21.5. The van der Waals surface area contributed by atoms with Gasteiger partial charge in [-0.05, 0) is 68.4 Å². The van der Waals surface area contributed by atoms with Crippen LogP contribution in [0.1, 0.15) is 0 Å². The molecule has 2 heterocycles. The zero-order valence-electron chi connectivity index (χ0n) is 19.8. The van der Waals surface area contributed by atoms with E-state index in [4.69, 9.17) is 6.57 Å². The quantitative estimate of drug-likeness (QED) is 0.226. The van der Waals surface area contributed by atoms with Crippen LogP contribution < -0.4 is 0 Å². The number of thiophene rings is 1. The maximum atomic E-state index is 7.30. The van der Waals surface area contributed by atoms with Crippen molar-refractivity contribution in [3.05, 3.63) is 133 Å². The average Bonchev–Trinajstić information content (AvgIpc) is 3.35. The van der Waals surface area contributed by atoms with Crippen LogP contribution in [0.15, 0.2) is 122 Å². The number of fused-ring (bicyclic) bond motifs is 5. The molecule has 7 rings (SSSR count). The third-order valence-corrected chi connectivity index (χ3v) is 8.05. The standard InChI is InChI=1S/C34H20N2S/c1-35-27-17-26(20-36-21-27)24-11-7-10-23(16-24)25-14-15-30-32(18-25)37-33-19-31(22-8-3-2-4-9-22)28-12-5-6-13-29(28)34(30)33/h2-21H. The topological polar surface area (TPSA) is 17.2 Å². The molecule has 0 fully saturated rings. The third kappa shape index (κ3) is 3.67. The highest BCUT2D eigenvalue weighted by Crippen LogP contribution is 2.43. The summed E-state index contributed by atoms with van der Waals surface area (Å²) in [4.78, 5) is 7.77. The van der Waals surface area contributed by atoms with Crippen molar-refractivity contribution < 1.29 is 0 Å². The summed E-state index contributed by atoms with van der Waals surface area (Å²) in [5, 5.41) is 5.21. The summed E-state index contributed by atoms with van der Waals surface area (Å²) >= 11 is 1.86. The normalized spacial score (nSPS) is 11.2. The molecular formula is C34H20N2S. The van der Waals surface area contributed by atoms with E-state index in [0.717, 1.165) is 16.7 Å². The van der Waals surface area contributed by atoms with E-state index in [2.05, 4.69) is 113 Å². The maximum absolute atomic E-state index is 7.30. The molecule has 0 spiro atoms. The highest BCUT2D eigenvalue weighted by atomic mass is 32.1. The van der Waals surface area contributed by atoms with Crippen LogP contribution in [0.2, 0.25) is 0 Å². The van der Waals surface area contributed by atoms with Crippen molar-refractivity contribution in [3.63, 3.8) is 0 Å². The van der Waals surface area contributed by atoms with Crippen LogP contribution in [-0.4, -0.2) is 4.98 Å². The van der Waals surface area contributed by atoms with Crippen molar-refractivity contribution in [2.75, 3.05) is 0 Å². The Hall–Kier alpha value is -4.78. The van der Waals surface area contributed by atoms with Crippen molar-refractivity contribution in [1.29, 1.82) is 0 Å². The molecule has 3 heteroatoms. The molecule has 0 bridgehead atoms. The molecule has 0 amide bonds. The molecule has 0 atom stereocenters. The van der Waals surface area contributed by atoms with E-state index in [1.165, 1.54) is 47.6 Å². The van der Waals surface area contributed by atoms with Crippen LogP contribution in [0.3, 0.4) is 0 Å². The van der Waals surface area contributed by atoms with Crippen LogP contribution in [0.5, 0.6) is 0 Å². The van der Waals surface area contributed by atoms with Gasteiger partial charge in [-0.2, -0.15) is 0 Å². The first-order valence-electron chi connectivity index (χ1n) is 12.2. The van der Waals surface area contributed by atoms with Crippen LogP contribution in [0.25, 0.3) is 69.2 Å². The second-order valence-corrected chi connectivity index (χ2v) is 10.2. The van der Waals surface area contributed by atoms with Gasteiger partial charge < -0.3 is 0 Å². The molecule has 0 N–H and O–H groups in total. The molecule has 37 heavy (non-hydrogen) atoms. The molecule has 0 aliphatic rings. The minimum Gasteiger partial charge on any atom is -0.276 e. The van der Waals surface area contributed by atoms with Crippen LogP contribution in [0.4, 0.5) is 5.69 Å². The van der Waals surface area contributed by atoms with Crippen LogP contribution in [-0.2, 0) is 0 Å². The van der Waals surface area contributed by atoms with Gasteiger partial charge in [0, 0.05) is 32.6 Å². The largest absolute Gasteiger partial charge is 0.276 e. The van der Waals surface area contributed by atoms with Gasteiger partial charge in [0.1, 0.15) is 0 Å². The lowest BCUT2D eigenvalue weighted by Gasteiger charge is -2.09. The summed E-state index contributed by atoms with van der Waals surface area (Å²) in [6.07, 6.45) is 3.42. The molecule has 5 aromatic carbocycles. The number of pyridine rings is 1. The molecule has 2 nitrogen and oxygen atoms in total. The molecule has 0 unspecified atom stereocenters. The van der Waals surface area contributed by atoms with E-state index >= 15 is 0 Å². The van der Waals surface area contributed by atoms with Crippen molar-refractivity contribution in [2.24, 2.45) is 0 Å². The number of aromatic nitrogens is 1. The summed E-state index contributed by atoms with van der Waals surface area (Å²) in [5.74, 6) is 0. The Labute approximate surface area is 218 Å². The SMILES string of the molecule is [C-]#[N+]c1cncc(-c2cccc(-c3ccc4c(c3)sc3cc(-c5ccccc5)c5ccccc5c34)c2)c1. The highest BCUT2D eigenvalue weighted by molar-refractivity contribution is 7.26.